The molecular formula is C19H28ClN3O4S. The number of anilines is 1. The predicted octanol–water partition coefficient (Wildman–Crippen LogP) is 2.87. The highest BCUT2D eigenvalue weighted by molar-refractivity contribution is 7.92. The standard InChI is InChI=1S/C19H28ClN3O4S/c1-4-13(5-2)19(25)23-10-8-15(9-11-23)21-18(24)14-6-7-16(20)17(12-14)22-28(3,26)27/h6-7,12-13,15,22H,4-5,8-11H2,1-3H3,(H,21,24). The Morgan fingerprint density at radius 2 is 1.82 bits per heavy atom. The molecule has 2 rings (SSSR count). The lowest BCUT2D eigenvalue weighted by molar-refractivity contribution is -0.136. The second-order valence-corrected chi connectivity index (χ2v) is 9.31. The molecule has 2 N–H and O–H groups in total. The van der Waals surface area contributed by atoms with Gasteiger partial charge in [-0.1, -0.05) is 25.4 Å². The topological polar surface area (TPSA) is 95.6 Å². The molecule has 0 aromatic heterocycles. The van der Waals surface area contributed by atoms with Crippen LogP contribution in [0, 0.1) is 5.92 Å². The first-order valence-corrected chi connectivity index (χ1v) is 11.8. The molecule has 1 saturated heterocycles. The van der Waals surface area contributed by atoms with E-state index >= 15 is 0 Å². The van der Waals surface area contributed by atoms with Crippen LogP contribution in [-0.4, -0.2) is 50.5 Å². The summed E-state index contributed by atoms with van der Waals surface area (Å²) < 4.78 is 25.2. The van der Waals surface area contributed by atoms with Gasteiger partial charge in [-0.3, -0.25) is 14.3 Å². The SMILES string of the molecule is CCC(CC)C(=O)N1CCC(NC(=O)c2ccc(Cl)c(NS(C)(=O)=O)c2)CC1. The van der Waals surface area contributed by atoms with Crippen molar-refractivity contribution in [3.05, 3.63) is 28.8 Å². The quantitative estimate of drug-likeness (QED) is 0.696. The molecule has 9 heteroatoms. The number of nitrogens with zero attached hydrogens (tertiary/aromatic N) is 1. The summed E-state index contributed by atoms with van der Waals surface area (Å²) in [4.78, 5) is 26.9. The third-order valence-corrected chi connectivity index (χ3v) is 5.92. The number of nitrogens with one attached hydrogen (secondary N) is 2. The third kappa shape index (κ3) is 6.10. The fourth-order valence-electron chi connectivity index (χ4n) is 3.35. The van der Waals surface area contributed by atoms with E-state index in [4.69, 9.17) is 11.6 Å². The zero-order valence-corrected chi connectivity index (χ0v) is 18.1. The van der Waals surface area contributed by atoms with Gasteiger partial charge >= 0.3 is 0 Å². The number of hydrogen-bond acceptors (Lipinski definition) is 4. The zero-order chi connectivity index (χ0) is 20.9. The van der Waals surface area contributed by atoms with Gasteiger partial charge in [-0.15, -0.1) is 0 Å². The van der Waals surface area contributed by atoms with Crippen LogP contribution in [0.1, 0.15) is 49.9 Å². The van der Waals surface area contributed by atoms with E-state index in [-0.39, 0.29) is 34.5 Å². The van der Waals surface area contributed by atoms with Crippen molar-refractivity contribution >= 4 is 39.1 Å². The number of piperidine rings is 1. The van der Waals surface area contributed by atoms with Gasteiger partial charge in [-0.2, -0.15) is 0 Å². The van der Waals surface area contributed by atoms with Crippen LogP contribution in [0.2, 0.25) is 5.02 Å². The van der Waals surface area contributed by atoms with Gasteiger partial charge in [0, 0.05) is 30.6 Å². The van der Waals surface area contributed by atoms with Crippen molar-refractivity contribution in [2.45, 2.75) is 45.6 Å². The van der Waals surface area contributed by atoms with Crippen molar-refractivity contribution in [3.63, 3.8) is 0 Å². The van der Waals surface area contributed by atoms with Crippen LogP contribution in [-0.2, 0) is 14.8 Å². The fraction of sp³-hybridized carbons (Fsp3) is 0.579. The van der Waals surface area contributed by atoms with Gasteiger partial charge in [0.2, 0.25) is 15.9 Å². The maximum absolute atomic E-state index is 12.5. The van der Waals surface area contributed by atoms with Crippen molar-refractivity contribution in [2.75, 3.05) is 24.1 Å². The molecule has 156 valence electrons. The van der Waals surface area contributed by atoms with E-state index in [1.807, 2.05) is 18.7 Å². The Hall–Kier alpha value is -1.80. The molecule has 0 unspecified atom stereocenters. The Morgan fingerprint density at radius 3 is 2.36 bits per heavy atom. The van der Waals surface area contributed by atoms with Crippen molar-refractivity contribution in [1.29, 1.82) is 0 Å². The second kappa shape index (κ2) is 9.60. The molecule has 0 spiro atoms. The number of benzene rings is 1. The molecule has 0 aliphatic carbocycles. The predicted molar refractivity (Wildman–Crippen MR) is 111 cm³/mol. The van der Waals surface area contributed by atoms with Crippen LogP contribution in [0.3, 0.4) is 0 Å². The number of carbonyl (C=O) groups excluding carboxylic acids is 2. The summed E-state index contributed by atoms with van der Waals surface area (Å²) in [6, 6.07) is 4.43. The van der Waals surface area contributed by atoms with Crippen LogP contribution < -0.4 is 10.0 Å². The Bertz CT molecular complexity index is 816. The largest absolute Gasteiger partial charge is 0.349 e. The second-order valence-electron chi connectivity index (χ2n) is 7.16. The number of carbonyl (C=O) groups is 2. The summed E-state index contributed by atoms with van der Waals surface area (Å²) >= 11 is 6.00. The van der Waals surface area contributed by atoms with E-state index < -0.39 is 10.0 Å². The highest BCUT2D eigenvalue weighted by atomic mass is 35.5. The maximum atomic E-state index is 12.5. The number of amides is 2. The molecule has 1 aliphatic heterocycles. The minimum absolute atomic E-state index is 0.0275. The van der Waals surface area contributed by atoms with E-state index in [9.17, 15) is 18.0 Å². The molecule has 7 nitrogen and oxygen atoms in total. The summed E-state index contributed by atoms with van der Waals surface area (Å²) in [6.45, 7) is 5.31. The van der Waals surface area contributed by atoms with Crippen LogP contribution >= 0.6 is 11.6 Å². The first-order valence-electron chi connectivity index (χ1n) is 9.51. The van der Waals surface area contributed by atoms with Crippen LogP contribution in [0.4, 0.5) is 5.69 Å². The summed E-state index contributed by atoms with van der Waals surface area (Å²) in [6.07, 6.45) is 4.09. The molecule has 1 fully saturated rings. The van der Waals surface area contributed by atoms with Gasteiger partial charge in [0.25, 0.3) is 5.91 Å². The summed E-state index contributed by atoms with van der Waals surface area (Å²) in [5.41, 5.74) is 0.494. The average molecular weight is 430 g/mol. The average Bonchev–Trinajstić information content (AvgIpc) is 2.64. The molecule has 1 aliphatic rings. The third-order valence-electron chi connectivity index (χ3n) is 5.00. The molecule has 2 amide bonds. The van der Waals surface area contributed by atoms with E-state index in [1.165, 1.54) is 12.1 Å². The molecule has 0 atom stereocenters. The van der Waals surface area contributed by atoms with E-state index in [0.717, 1.165) is 19.1 Å². The van der Waals surface area contributed by atoms with Crippen molar-refractivity contribution in [1.82, 2.24) is 10.2 Å². The van der Waals surface area contributed by atoms with Crippen molar-refractivity contribution < 1.29 is 18.0 Å². The monoisotopic (exact) mass is 429 g/mol. The molecule has 1 aromatic carbocycles. The molecular weight excluding hydrogens is 402 g/mol. The fourth-order valence-corrected chi connectivity index (χ4v) is 4.14. The molecule has 0 bridgehead atoms. The van der Waals surface area contributed by atoms with Gasteiger partial charge in [0.15, 0.2) is 0 Å². The van der Waals surface area contributed by atoms with Crippen molar-refractivity contribution in [3.8, 4) is 0 Å². The lowest BCUT2D eigenvalue weighted by Crippen LogP contribution is -2.48. The molecule has 1 aromatic rings. The van der Waals surface area contributed by atoms with E-state index in [0.29, 0.717) is 31.5 Å². The van der Waals surface area contributed by atoms with Crippen molar-refractivity contribution in [2.24, 2.45) is 5.92 Å². The first kappa shape index (κ1) is 22.5. The normalized spacial score (nSPS) is 15.5. The minimum Gasteiger partial charge on any atom is -0.349 e. The van der Waals surface area contributed by atoms with Gasteiger partial charge in [0.1, 0.15) is 0 Å². The van der Waals surface area contributed by atoms with Gasteiger partial charge in [-0.25, -0.2) is 8.42 Å². The number of halogens is 1. The minimum atomic E-state index is -3.50. The number of rotatable bonds is 7. The highest BCUT2D eigenvalue weighted by Gasteiger charge is 2.27. The van der Waals surface area contributed by atoms with Gasteiger partial charge in [0.05, 0.1) is 17.0 Å². The molecule has 1 heterocycles. The Kier molecular flexibility index (Phi) is 7.71. The van der Waals surface area contributed by atoms with E-state index in [1.54, 1.807) is 6.07 Å². The molecule has 28 heavy (non-hydrogen) atoms. The summed E-state index contributed by atoms with van der Waals surface area (Å²) in [5.74, 6) is -0.0251. The number of likely N-dealkylation sites (tertiary alicyclic amines) is 1. The number of sulfonamides is 1. The van der Waals surface area contributed by atoms with Crippen LogP contribution in [0.25, 0.3) is 0 Å². The Morgan fingerprint density at radius 1 is 1.21 bits per heavy atom. The maximum Gasteiger partial charge on any atom is 0.251 e. The molecule has 0 radical (unpaired) electrons. The highest BCUT2D eigenvalue weighted by Crippen LogP contribution is 2.24. The smallest absolute Gasteiger partial charge is 0.251 e. The van der Waals surface area contributed by atoms with Gasteiger partial charge < -0.3 is 10.2 Å². The first-order chi connectivity index (χ1) is 13.1. The summed E-state index contributed by atoms with van der Waals surface area (Å²) in [5, 5.41) is 3.18. The summed E-state index contributed by atoms with van der Waals surface area (Å²) in [7, 11) is -3.50. The van der Waals surface area contributed by atoms with Gasteiger partial charge in [-0.05, 0) is 43.9 Å². The lowest BCUT2D eigenvalue weighted by Gasteiger charge is -2.34. The Labute approximate surface area is 171 Å². The Balaban J connectivity index is 1.96. The van der Waals surface area contributed by atoms with Crippen LogP contribution in [0.5, 0.6) is 0 Å². The number of hydrogen-bond donors (Lipinski definition) is 2. The zero-order valence-electron chi connectivity index (χ0n) is 16.5. The van der Waals surface area contributed by atoms with Crippen LogP contribution in [0.15, 0.2) is 18.2 Å². The lowest BCUT2D eigenvalue weighted by atomic mass is 9.98. The molecule has 0 saturated carbocycles. The van der Waals surface area contributed by atoms with E-state index in [2.05, 4.69) is 10.0 Å².